The summed E-state index contributed by atoms with van der Waals surface area (Å²) < 4.78 is 4.92. The molecule has 1 atom stereocenters. The smallest absolute Gasteiger partial charge is 0.239 e. The predicted molar refractivity (Wildman–Crippen MR) is 121 cm³/mol. The van der Waals surface area contributed by atoms with Gasteiger partial charge in [0.2, 0.25) is 5.91 Å². The molecule has 1 aliphatic rings. The van der Waals surface area contributed by atoms with E-state index in [1.165, 1.54) is 11.3 Å². The van der Waals surface area contributed by atoms with Crippen LogP contribution in [0.2, 0.25) is 0 Å². The minimum atomic E-state index is -0.0741. The number of guanidine groups is 1. The van der Waals surface area contributed by atoms with E-state index in [1.807, 2.05) is 0 Å². The molecular formula is C19H32IN5O2. The van der Waals surface area contributed by atoms with Crippen LogP contribution in [0.1, 0.15) is 18.4 Å². The number of methoxy groups -OCH3 is 1. The molecule has 1 unspecified atom stereocenters. The molecule has 1 aliphatic heterocycles. The quantitative estimate of drug-likeness (QED) is 0.234. The number of hydrogen-bond acceptors (Lipinski definition) is 4. The maximum Gasteiger partial charge on any atom is 0.239 e. The highest BCUT2D eigenvalue weighted by Crippen LogP contribution is 2.20. The molecule has 0 aromatic heterocycles. The van der Waals surface area contributed by atoms with Gasteiger partial charge in [0.25, 0.3) is 0 Å². The van der Waals surface area contributed by atoms with E-state index in [2.05, 4.69) is 57.0 Å². The molecule has 1 saturated heterocycles. The van der Waals surface area contributed by atoms with Gasteiger partial charge in [0.15, 0.2) is 5.96 Å². The summed E-state index contributed by atoms with van der Waals surface area (Å²) in [7, 11) is 3.33. The lowest BCUT2D eigenvalue weighted by Gasteiger charge is -2.35. The molecule has 27 heavy (non-hydrogen) atoms. The van der Waals surface area contributed by atoms with Gasteiger partial charge in [-0.15, -0.1) is 24.0 Å². The summed E-state index contributed by atoms with van der Waals surface area (Å²) in [6, 6.07) is 8.95. The van der Waals surface area contributed by atoms with E-state index in [4.69, 9.17) is 4.74 Å². The number of carbonyl (C=O) groups excluding carboxylic acids is 1. The molecule has 8 heteroatoms. The maximum atomic E-state index is 11.8. The molecule has 0 bridgehead atoms. The molecule has 152 valence electrons. The molecule has 1 heterocycles. The van der Waals surface area contributed by atoms with Crippen molar-refractivity contribution in [3.8, 4) is 0 Å². The molecule has 2 rings (SSSR count). The number of anilines is 1. The molecule has 0 aliphatic carbocycles. The number of aryl methyl sites for hydroxylation is 1. The van der Waals surface area contributed by atoms with Crippen LogP contribution in [-0.2, 0) is 9.53 Å². The van der Waals surface area contributed by atoms with Crippen LogP contribution in [0.15, 0.2) is 29.3 Å². The summed E-state index contributed by atoms with van der Waals surface area (Å²) in [5.74, 6) is 0.581. The highest BCUT2D eigenvalue weighted by atomic mass is 127. The molecular weight excluding hydrogens is 457 g/mol. The van der Waals surface area contributed by atoms with Crippen molar-refractivity contribution in [3.05, 3.63) is 29.8 Å². The van der Waals surface area contributed by atoms with Crippen LogP contribution in [0.25, 0.3) is 0 Å². The topological polar surface area (TPSA) is 78.0 Å². The van der Waals surface area contributed by atoms with Crippen molar-refractivity contribution in [3.63, 3.8) is 0 Å². The van der Waals surface area contributed by atoms with E-state index in [0.717, 1.165) is 25.9 Å². The van der Waals surface area contributed by atoms with E-state index < -0.39 is 0 Å². The first-order chi connectivity index (χ1) is 12.6. The van der Waals surface area contributed by atoms with Gasteiger partial charge in [-0.1, -0.05) is 17.7 Å². The number of carbonyl (C=O) groups is 1. The number of rotatable bonds is 7. The number of ether oxygens (including phenoxy) is 1. The Morgan fingerprint density at radius 3 is 2.70 bits per heavy atom. The third kappa shape index (κ3) is 8.34. The maximum absolute atomic E-state index is 11.8. The van der Waals surface area contributed by atoms with Gasteiger partial charge in [-0.3, -0.25) is 9.79 Å². The van der Waals surface area contributed by atoms with Gasteiger partial charge in [0, 0.05) is 45.5 Å². The normalized spacial score (nSPS) is 17.1. The van der Waals surface area contributed by atoms with E-state index in [9.17, 15) is 4.79 Å². The fraction of sp³-hybridized carbons (Fsp3) is 0.579. The Labute approximate surface area is 179 Å². The second-order valence-electron chi connectivity index (χ2n) is 6.53. The minimum Gasteiger partial charge on any atom is -0.383 e. The molecule has 0 radical (unpaired) electrons. The Kier molecular flexibility index (Phi) is 11.1. The van der Waals surface area contributed by atoms with Gasteiger partial charge >= 0.3 is 0 Å². The zero-order valence-corrected chi connectivity index (χ0v) is 18.8. The number of piperidine rings is 1. The van der Waals surface area contributed by atoms with Gasteiger partial charge in [0.1, 0.15) is 0 Å². The lowest BCUT2D eigenvalue weighted by Crippen LogP contribution is -2.52. The summed E-state index contributed by atoms with van der Waals surface area (Å²) in [4.78, 5) is 18.4. The summed E-state index contributed by atoms with van der Waals surface area (Å²) >= 11 is 0. The fourth-order valence-corrected chi connectivity index (χ4v) is 2.99. The second kappa shape index (κ2) is 12.8. The second-order valence-corrected chi connectivity index (χ2v) is 6.53. The Balaban J connectivity index is 0.00000364. The first-order valence-corrected chi connectivity index (χ1v) is 9.17. The average Bonchev–Trinajstić information content (AvgIpc) is 2.66. The molecule has 1 aromatic rings. The van der Waals surface area contributed by atoms with Gasteiger partial charge < -0.3 is 25.6 Å². The highest BCUT2D eigenvalue weighted by Gasteiger charge is 2.21. The molecule has 0 spiro atoms. The molecule has 3 N–H and O–H groups in total. The van der Waals surface area contributed by atoms with Crippen LogP contribution in [0.3, 0.4) is 0 Å². The van der Waals surface area contributed by atoms with E-state index >= 15 is 0 Å². The zero-order chi connectivity index (χ0) is 18.8. The van der Waals surface area contributed by atoms with E-state index in [1.54, 1.807) is 14.2 Å². The first-order valence-electron chi connectivity index (χ1n) is 9.17. The summed E-state index contributed by atoms with van der Waals surface area (Å²) in [5, 5.41) is 9.29. The Morgan fingerprint density at radius 2 is 2.04 bits per heavy atom. The van der Waals surface area contributed by atoms with Gasteiger partial charge in [-0.2, -0.15) is 0 Å². The number of hydrogen-bond donors (Lipinski definition) is 3. The lowest BCUT2D eigenvalue weighted by atomic mass is 10.0. The van der Waals surface area contributed by atoms with Gasteiger partial charge in [0.05, 0.1) is 13.2 Å². The molecule has 1 aromatic carbocycles. The molecule has 1 amide bonds. The summed E-state index contributed by atoms with van der Waals surface area (Å²) in [5.41, 5.74) is 2.52. The number of aliphatic imine (C=N–C) groups is 1. The van der Waals surface area contributed by atoms with Crippen LogP contribution in [0.4, 0.5) is 5.69 Å². The third-order valence-electron chi connectivity index (χ3n) is 4.43. The SMILES string of the molecule is CN=C(NCC(=O)NCCOC)NC1CCCN(c2ccc(C)cc2)C1.I. The van der Waals surface area contributed by atoms with Gasteiger partial charge in [-0.05, 0) is 31.9 Å². The summed E-state index contributed by atoms with van der Waals surface area (Å²) in [6.45, 7) is 5.30. The Bertz CT molecular complexity index is 594. The third-order valence-corrected chi connectivity index (χ3v) is 4.43. The molecule has 1 fully saturated rings. The number of nitrogens with zero attached hydrogens (tertiary/aromatic N) is 2. The van der Waals surface area contributed by atoms with Crippen molar-refractivity contribution < 1.29 is 9.53 Å². The van der Waals surface area contributed by atoms with Crippen molar-refractivity contribution in [2.24, 2.45) is 4.99 Å². The number of nitrogens with one attached hydrogen (secondary N) is 3. The minimum absolute atomic E-state index is 0. The number of benzene rings is 1. The van der Waals surface area contributed by atoms with E-state index in [0.29, 0.717) is 25.2 Å². The Hall–Kier alpha value is -1.55. The van der Waals surface area contributed by atoms with Crippen LogP contribution >= 0.6 is 24.0 Å². The Morgan fingerprint density at radius 1 is 1.30 bits per heavy atom. The zero-order valence-electron chi connectivity index (χ0n) is 16.5. The van der Waals surface area contributed by atoms with Crippen LogP contribution in [0.5, 0.6) is 0 Å². The standard InChI is InChI=1S/C19H31N5O2.HI/c1-15-6-8-17(9-7-15)24-11-4-5-16(14-24)23-19(20-2)22-13-18(25)21-10-12-26-3;/h6-9,16H,4-5,10-14H2,1-3H3,(H,21,25)(H2,20,22,23);1H. The first kappa shape index (κ1) is 23.5. The average molecular weight is 489 g/mol. The van der Waals surface area contributed by atoms with Crippen molar-refractivity contribution in [1.29, 1.82) is 0 Å². The van der Waals surface area contributed by atoms with Crippen molar-refractivity contribution in [2.45, 2.75) is 25.8 Å². The largest absolute Gasteiger partial charge is 0.383 e. The molecule has 0 saturated carbocycles. The molecule has 7 nitrogen and oxygen atoms in total. The van der Waals surface area contributed by atoms with Crippen molar-refractivity contribution in [1.82, 2.24) is 16.0 Å². The van der Waals surface area contributed by atoms with E-state index in [-0.39, 0.29) is 36.4 Å². The highest BCUT2D eigenvalue weighted by molar-refractivity contribution is 14.0. The number of amides is 1. The number of halogens is 1. The predicted octanol–water partition coefficient (Wildman–Crippen LogP) is 1.51. The van der Waals surface area contributed by atoms with Crippen LogP contribution in [-0.4, -0.2) is 64.9 Å². The van der Waals surface area contributed by atoms with Gasteiger partial charge in [-0.25, -0.2) is 0 Å². The van der Waals surface area contributed by atoms with Crippen molar-refractivity contribution in [2.75, 3.05) is 51.8 Å². The van der Waals surface area contributed by atoms with Crippen molar-refractivity contribution >= 4 is 41.5 Å². The van der Waals surface area contributed by atoms with Crippen LogP contribution in [0, 0.1) is 6.92 Å². The summed E-state index contributed by atoms with van der Waals surface area (Å²) in [6.07, 6.45) is 2.21. The van der Waals surface area contributed by atoms with Crippen LogP contribution < -0.4 is 20.9 Å². The monoisotopic (exact) mass is 489 g/mol. The lowest BCUT2D eigenvalue weighted by molar-refractivity contribution is -0.120. The fourth-order valence-electron chi connectivity index (χ4n) is 2.99.